The van der Waals surface area contributed by atoms with Gasteiger partial charge in [0.2, 0.25) is 0 Å². The molecule has 1 aromatic rings. The molecule has 6 aliphatic carbocycles. The van der Waals surface area contributed by atoms with Gasteiger partial charge in [-0.1, -0.05) is 77.8 Å². The lowest BCUT2D eigenvalue weighted by Gasteiger charge is -2.33. The summed E-state index contributed by atoms with van der Waals surface area (Å²) in [6.45, 7) is 21.9. The lowest BCUT2D eigenvalue weighted by atomic mass is 9.80. The van der Waals surface area contributed by atoms with Gasteiger partial charge in [-0.25, -0.2) is 0 Å². The molecule has 7 rings (SSSR count). The molecule has 54 heavy (non-hydrogen) atoms. The minimum atomic E-state index is -0.722. The van der Waals surface area contributed by atoms with Crippen molar-refractivity contribution in [3.8, 4) is 0 Å². The second kappa shape index (κ2) is 18.7. The Morgan fingerprint density at radius 2 is 1.00 bits per heavy atom. The van der Waals surface area contributed by atoms with Gasteiger partial charge in [0.05, 0.1) is 16.2 Å². The van der Waals surface area contributed by atoms with Crippen LogP contribution < -0.4 is 0 Å². The first kappa shape index (κ1) is 44.3. The van der Waals surface area contributed by atoms with Gasteiger partial charge in [-0.2, -0.15) is 0 Å². The zero-order valence-electron chi connectivity index (χ0n) is 36.1. The monoisotopic (exact) mass is 751 g/mol. The number of ether oxygens (including phenoxy) is 2. The second-order valence-electron chi connectivity index (χ2n) is 19.9. The van der Waals surface area contributed by atoms with Crippen LogP contribution in [0, 0.1) is 63.6 Å². The number of aliphatic carboxylic acids is 1. The van der Waals surface area contributed by atoms with Crippen molar-refractivity contribution < 1.29 is 29.0 Å². The number of carbonyl (C=O) groups is 3. The normalized spacial score (nSPS) is 32.1. The fourth-order valence-corrected chi connectivity index (χ4v) is 10.3. The molecule has 306 valence electrons. The minimum absolute atomic E-state index is 0.0251. The van der Waals surface area contributed by atoms with Gasteiger partial charge in [-0.3, -0.25) is 14.4 Å². The first-order valence-corrected chi connectivity index (χ1v) is 22.1. The van der Waals surface area contributed by atoms with E-state index in [4.69, 9.17) is 14.6 Å². The summed E-state index contributed by atoms with van der Waals surface area (Å²) in [6, 6.07) is 10.6. The highest BCUT2D eigenvalue weighted by atomic mass is 16.6. The van der Waals surface area contributed by atoms with E-state index in [1.54, 1.807) is 13.8 Å². The largest absolute Gasteiger partial charge is 0.481 e. The van der Waals surface area contributed by atoms with Crippen LogP contribution in [0.3, 0.4) is 0 Å². The molecule has 0 amide bonds. The molecule has 6 heteroatoms. The van der Waals surface area contributed by atoms with Crippen LogP contribution >= 0.6 is 0 Å². The number of hydrogen-bond donors (Lipinski definition) is 1. The van der Waals surface area contributed by atoms with Crippen LogP contribution in [0.2, 0.25) is 0 Å². The lowest BCUT2D eigenvalue weighted by molar-refractivity contribution is -0.164. The Morgan fingerprint density at radius 3 is 1.33 bits per heavy atom. The average Bonchev–Trinajstić information content (AvgIpc) is 4.01. The summed E-state index contributed by atoms with van der Waals surface area (Å²) in [5, 5.41) is 8.44. The number of hydrogen-bond acceptors (Lipinski definition) is 5. The van der Waals surface area contributed by atoms with Gasteiger partial charge in [0.15, 0.2) is 0 Å². The third-order valence-corrected chi connectivity index (χ3v) is 15.6. The number of carboxylic acid groups (broad SMARTS) is 1. The van der Waals surface area contributed by atoms with E-state index in [9.17, 15) is 14.4 Å². The van der Waals surface area contributed by atoms with Crippen molar-refractivity contribution in [1.29, 1.82) is 0 Å². The van der Waals surface area contributed by atoms with Crippen LogP contribution in [0.4, 0.5) is 0 Å². The molecule has 0 heterocycles. The van der Waals surface area contributed by atoms with E-state index >= 15 is 0 Å². The highest BCUT2D eigenvalue weighted by molar-refractivity contribution is 5.76. The van der Waals surface area contributed by atoms with Crippen molar-refractivity contribution in [1.82, 2.24) is 0 Å². The number of fused-ring (bicyclic) bond motifs is 10. The lowest BCUT2D eigenvalue weighted by Crippen LogP contribution is -2.36. The van der Waals surface area contributed by atoms with Gasteiger partial charge in [0.1, 0.15) is 12.2 Å². The molecule has 11 atom stereocenters. The van der Waals surface area contributed by atoms with Crippen molar-refractivity contribution in [2.24, 2.45) is 63.6 Å². The Labute approximate surface area is 329 Å². The smallest absolute Gasteiger partial charge is 0.311 e. The summed E-state index contributed by atoms with van der Waals surface area (Å²) in [5.41, 5.74) is 0.290. The molecule has 0 aliphatic heterocycles. The third kappa shape index (κ3) is 10.3. The summed E-state index contributed by atoms with van der Waals surface area (Å²) in [6.07, 6.45) is 17.5. The number of rotatable bonds is 10. The van der Waals surface area contributed by atoms with Gasteiger partial charge < -0.3 is 14.6 Å². The van der Waals surface area contributed by atoms with E-state index in [-0.39, 0.29) is 35.0 Å². The Hall–Kier alpha value is -2.37. The maximum Gasteiger partial charge on any atom is 0.311 e. The molecule has 1 aromatic carbocycles. The van der Waals surface area contributed by atoms with Crippen molar-refractivity contribution >= 4 is 17.9 Å². The molecule has 4 bridgehead atoms. The Balaban J connectivity index is 0.000000170. The zero-order chi connectivity index (χ0) is 40.0. The Bertz CT molecular complexity index is 1300. The van der Waals surface area contributed by atoms with Gasteiger partial charge in [-0.05, 0) is 177 Å². The zero-order valence-corrected chi connectivity index (χ0v) is 36.1. The van der Waals surface area contributed by atoms with Crippen molar-refractivity contribution in [3.05, 3.63) is 35.9 Å². The number of carboxylic acids is 1. The van der Waals surface area contributed by atoms with E-state index in [1.807, 2.05) is 34.6 Å². The van der Waals surface area contributed by atoms with Gasteiger partial charge >= 0.3 is 17.9 Å². The quantitative estimate of drug-likeness (QED) is 0.240. The summed E-state index contributed by atoms with van der Waals surface area (Å²) in [5.74, 6) is 6.87. The highest BCUT2D eigenvalue weighted by Gasteiger charge is 2.56. The molecular formula is C48H78O6. The molecule has 1 N–H and O–H groups in total. The fourth-order valence-electron chi connectivity index (χ4n) is 10.3. The average molecular weight is 751 g/mol. The van der Waals surface area contributed by atoms with Crippen LogP contribution in [0.15, 0.2) is 30.3 Å². The summed E-state index contributed by atoms with van der Waals surface area (Å²) in [7, 11) is 0. The van der Waals surface area contributed by atoms with E-state index in [0.29, 0.717) is 24.2 Å². The molecule has 6 saturated carbocycles. The van der Waals surface area contributed by atoms with Crippen LogP contribution in [0.5, 0.6) is 0 Å². The molecule has 0 radical (unpaired) electrons. The SMILES string of the molecule is CCC(C)(C)C(=O)O.CCC(C)(C)C(=O)OC1CC2CC1C1CCCC21.CCC(C)(C)C(=O)OC1CC2CC1C1CCCC21.CCC(C)c1ccccc1. The molecule has 6 fully saturated rings. The summed E-state index contributed by atoms with van der Waals surface area (Å²) < 4.78 is 11.7. The molecular weight excluding hydrogens is 673 g/mol. The standard InChI is InChI=1S/2C16H26O2.C10H14.C6H12O2/c2*1-4-16(2,3)15(17)18-14-9-10-8-13(14)12-7-5-6-11(10)12;1-3-9(2)10-7-5-4-6-8-10;1-4-6(2,3)5(7)8/h2*10-14H,4-9H2,1-3H3;4-9H,3H2,1-2H3;4H2,1-3H3,(H,7,8). The van der Waals surface area contributed by atoms with Gasteiger partial charge in [0, 0.05) is 0 Å². The number of esters is 2. The van der Waals surface area contributed by atoms with Crippen LogP contribution in [0.25, 0.3) is 0 Å². The fraction of sp³-hybridized carbons (Fsp3) is 0.812. The molecule has 0 aromatic heterocycles. The topological polar surface area (TPSA) is 89.9 Å². The van der Waals surface area contributed by atoms with Crippen LogP contribution in [0.1, 0.15) is 178 Å². The first-order chi connectivity index (χ1) is 25.4. The Morgan fingerprint density at radius 1 is 0.611 bits per heavy atom. The molecule has 11 unspecified atom stereocenters. The number of benzene rings is 1. The second-order valence-corrected chi connectivity index (χ2v) is 19.9. The van der Waals surface area contributed by atoms with E-state index in [2.05, 4.69) is 58.0 Å². The minimum Gasteiger partial charge on any atom is -0.481 e. The molecule has 0 spiro atoms. The maximum absolute atomic E-state index is 12.2. The highest BCUT2D eigenvalue weighted by Crippen LogP contribution is 2.60. The van der Waals surface area contributed by atoms with Crippen LogP contribution in [-0.2, 0) is 23.9 Å². The van der Waals surface area contributed by atoms with Crippen LogP contribution in [-0.4, -0.2) is 35.2 Å². The summed E-state index contributed by atoms with van der Waals surface area (Å²) in [4.78, 5) is 34.6. The number of carbonyl (C=O) groups excluding carboxylic acids is 2. The van der Waals surface area contributed by atoms with E-state index in [1.165, 1.54) is 63.4 Å². The Kier molecular flexibility index (Phi) is 15.4. The molecule has 6 nitrogen and oxygen atoms in total. The predicted molar refractivity (Wildman–Crippen MR) is 219 cm³/mol. The van der Waals surface area contributed by atoms with E-state index in [0.717, 1.165) is 61.2 Å². The third-order valence-electron chi connectivity index (χ3n) is 15.6. The van der Waals surface area contributed by atoms with Gasteiger partial charge in [-0.15, -0.1) is 0 Å². The first-order valence-electron chi connectivity index (χ1n) is 22.1. The van der Waals surface area contributed by atoms with E-state index < -0.39 is 11.4 Å². The maximum atomic E-state index is 12.2. The van der Waals surface area contributed by atoms with Crippen molar-refractivity contribution in [3.63, 3.8) is 0 Å². The van der Waals surface area contributed by atoms with Gasteiger partial charge in [0.25, 0.3) is 0 Å². The summed E-state index contributed by atoms with van der Waals surface area (Å²) >= 11 is 0. The molecule has 6 aliphatic rings. The predicted octanol–water partition coefficient (Wildman–Crippen LogP) is 12.3. The molecule has 0 saturated heterocycles. The van der Waals surface area contributed by atoms with Crippen molar-refractivity contribution in [2.75, 3.05) is 0 Å². The van der Waals surface area contributed by atoms with Crippen molar-refractivity contribution in [2.45, 2.75) is 184 Å².